The molecule has 0 aliphatic heterocycles. The Morgan fingerprint density at radius 1 is 0.490 bits per heavy atom. The van der Waals surface area contributed by atoms with Gasteiger partial charge in [-0.2, -0.15) is 0 Å². The Hall–Kier alpha value is -5.74. The van der Waals surface area contributed by atoms with Gasteiger partial charge in [-0.15, -0.1) is 11.3 Å². The van der Waals surface area contributed by atoms with E-state index in [0.29, 0.717) is 0 Å². The van der Waals surface area contributed by atoms with E-state index in [2.05, 4.69) is 193 Å². The van der Waals surface area contributed by atoms with Crippen LogP contribution in [-0.2, 0) is 6.42 Å². The molecule has 0 N–H and O–H groups in total. The van der Waals surface area contributed by atoms with E-state index in [9.17, 15) is 0 Å². The van der Waals surface area contributed by atoms with Crippen molar-refractivity contribution in [2.45, 2.75) is 12.8 Å². The fourth-order valence-electron chi connectivity index (χ4n) is 8.60. The molecule has 2 aromatic heterocycles. The van der Waals surface area contributed by atoms with Crippen molar-refractivity contribution in [3.63, 3.8) is 0 Å². The van der Waals surface area contributed by atoms with Crippen molar-refractivity contribution < 1.29 is 0 Å². The van der Waals surface area contributed by atoms with Gasteiger partial charge in [-0.05, 0) is 86.0 Å². The number of hydrogen-bond donors (Lipinski definition) is 0. The van der Waals surface area contributed by atoms with Crippen molar-refractivity contribution in [1.29, 1.82) is 0 Å². The maximum atomic E-state index is 2.52. The summed E-state index contributed by atoms with van der Waals surface area (Å²) in [6.07, 6.45) is 6.89. The third-order valence-corrected chi connectivity index (χ3v) is 16.8. The molecule has 0 saturated heterocycles. The molecule has 10 rings (SSSR count). The van der Waals surface area contributed by atoms with Crippen LogP contribution in [0.1, 0.15) is 16.9 Å². The van der Waals surface area contributed by atoms with Crippen molar-refractivity contribution in [3.8, 4) is 16.8 Å². The van der Waals surface area contributed by atoms with E-state index in [1.807, 2.05) is 11.3 Å². The van der Waals surface area contributed by atoms with Crippen molar-refractivity contribution >= 4 is 78.1 Å². The van der Waals surface area contributed by atoms with Crippen LogP contribution >= 0.6 is 11.3 Å². The van der Waals surface area contributed by atoms with Gasteiger partial charge in [0.05, 0.1) is 11.0 Å². The number of allylic oxidation sites excluding steroid dienone is 1. The van der Waals surface area contributed by atoms with Crippen LogP contribution in [0.25, 0.3) is 54.8 Å². The fourth-order valence-corrected chi connectivity index (χ4v) is 14.7. The minimum atomic E-state index is -2.84. The molecule has 9 aromatic rings. The van der Waals surface area contributed by atoms with E-state index in [1.165, 1.54) is 79.9 Å². The highest BCUT2D eigenvalue weighted by molar-refractivity contribution is 7.21. The predicted octanol–water partition coefficient (Wildman–Crippen LogP) is 10.0. The Balaban J connectivity index is 1.25. The Morgan fingerprint density at radius 2 is 1.06 bits per heavy atom. The van der Waals surface area contributed by atoms with Gasteiger partial charge in [-0.1, -0.05) is 158 Å². The fraction of sp³-hybridized carbons (Fsp3) is 0.0417. The SMILES string of the molecule is C1=Cc2sc3c(-c4cccc([Si](c5ccccc5)(c5ccccc5)c5cccc(-n6c7ccccc7c7ccccc76)c5)c4)cccc3c2CC1. The van der Waals surface area contributed by atoms with Gasteiger partial charge in [0.2, 0.25) is 0 Å². The molecule has 1 aliphatic carbocycles. The standard InChI is InChI=1S/C48H35NSSi/c1-3-18-36(19-4-1)51(37-20-5-2-6-21-37,38-22-13-16-34(32-38)40-27-15-28-44-43-26-9-12-31-47(43)50-48(40)44)39-23-14-17-35(33-39)49-45-29-10-7-24-41(45)42-25-8-11-30-46(42)49/h1-8,10-25,27-33H,9,26H2. The molecule has 3 heteroatoms. The van der Waals surface area contributed by atoms with Crippen molar-refractivity contribution in [2.75, 3.05) is 0 Å². The monoisotopic (exact) mass is 685 g/mol. The normalized spacial score (nSPS) is 12.9. The first kappa shape index (κ1) is 30.1. The van der Waals surface area contributed by atoms with E-state index in [0.717, 1.165) is 12.8 Å². The molecular formula is C48H35NSSi. The van der Waals surface area contributed by atoms with Crippen molar-refractivity contribution in [3.05, 3.63) is 192 Å². The van der Waals surface area contributed by atoms with Gasteiger partial charge in [0, 0.05) is 26.0 Å². The number of rotatable bonds is 6. The Morgan fingerprint density at radius 3 is 1.76 bits per heavy atom. The minimum Gasteiger partial charge on any atom is -0.309 e. The largest absolute Gasteiger partial charge is 0.309 e. The first-order valence-corrected chi connectivity index (χ1v) is 20.6. The van der Waals surface area contributed by atoms with Gasteiger partial charge in [0.15, 0.2) is 8.07 Å². The summed E-state index contributed by atoms with van der Waals surface area (Å²) in [5.41, 5.74) is 7.76. The second-order valence-electron chi connectivity index (χ2n) is 13.6. The van der Waals surface area contributed by atoms with Crippen LogP contribution in [0.4, 0.5) is 0 Å². The lowest BCUT2D eigenvalue weighted by molar-refractivity contribution is 1.01. The summed E-state index contributed by atoms with van der Waals surface area (Å²) in [7, 11) is -2.84. The Kier molecular flexibility index (Phi) is 7.23. The van der Waals surface area contributed by atoms with E-state index in [-0.39, 0.29) is 0 Å². The number of aromatic nitrogens is 1. The number of fused-ring (bicyclic) bond motifs is 6. The topological polar surface area (TPSA) is 4.93 Å². The number of nitrogens with zero attached hydrogens (tertiary/aromatic N) is 1. The molecule has 1 nitrogen and oxygen atoms in total. The first-order chi connectivity index (χ1) is 25.3. The third-order valence-electron chi connectivity index (χ3n) is 10.8. The summed E-state index contributed by atoms with van der Waals surface area (Å²) < 4.78 is 3.85. The highest BCUT2D eigenvalue weighted by Crippen LogP contribution is 2.41. The van der Waals surface area contributed by atoms with Crippen LogP contribution in [0.3, 0.4) is 0 Å². The second-order valence-corrected chi connectivity index (χ2v) is 18.4. The quantitative estimate of drug-likeness (QED) is 0.121. The van der Waals surface area contributed by atoms with Crippen LogP contribution in [-0.4, -0.2) is 12.6 Å². The molecule has 0 saturated carbocycles. The van der Waals surface area contributed by atoms with E-state index in [4.69, 9.17) is 0 Å². The van der Waals surface area contributed by atoms with Gasteiger partial charge in [-0.3, -0.25) is 0 Å². The van der Waals surface area contributed by atoms with E-state index >= 15 is 0 Å². The molecule has 1 aliphatic rings. The number of benzene rings is 7. The highest BCUT2D eigenvalue weighted by Gasteiger charge is 2.42. The molecule has 7 aromatic carbocycles. The molecule has 242 valence electrons. The number of thiophene rings is 1. The lowest BCUT2D eigenvalue weighted by atomic mass is 9.98. The molecule has 0 unspecified atom stereocenters. The molecule has 51 heavy (non-hydrogen) atoms. The summed E-state index contributed by atoms with van der Waals surface area (Å²) in [5.74, 6) is 0. The van der Waals surface area contributed by atoms with Crippen LogP contribution in [0.5, 0.6) is 0 Å². The average Bonchev–Trinajstić information content (AvgIpc) is 3.76. The van der Waals surface area contributed by atoms with Crippen LogP contribution in [0, 0.1) is 0 Å². The zero-order chi connectivity index (χ0) is 33.8. The maximum absolute atomic E-state index is 2.84. The predicted molar refractivity (Wildman–Crippen MR) is 223 cm³/mol. The molecular weight excluding hydrogens is 651 g/mol. The van der Waals surface area contributed by atoms with Crippen molar-refractivity contribution in [1.82, 2.24) is 4.57 Å². The van der Waals surface area contributed by atoms with Crippen molar-refractivity contribution in [2.24, 2.45) is 0 Å². The van der Waals surface area contributed by atoms with Gasteiger partial charge in [0.25, 0.3) is 0 Å². The van der Waals surface area contributed by atoms with Gasteiger partial charge < -0.3 is 4.57 Å². The number of aryl methyl sites for hydroxylation is 1. The van der Waals surface area contributed by atoms with Crippen LogP contribution in [0.15, 0.2) is 182 Å². The third kappa shape index (κ3) is 4.73. The number of hydrogen-bond acceptors (Lipinski definition) is 1. The molecule has 0 amide bonds. The van der Waals surface area contributed by atoms with Gasteiger partial charge in [0.1, 0.15) is 0 Å². The molecule has 0 atom stereocenters. The van der Waals surface area contributed by atoms with Crippen LogP contribution < -0.4 is 20.7 Å². The smallest absolute Gasteiger partial charge is 0.179 e. The first-order valence-electron chi connectivity index (χ1n) is 17.8. The van der Waals surface area contributed by atoms with Gasteiger partial charge in [-0.25, -0.2) is 0 Å². The lowest BCUT2D eigenvalue weighted by Gasteiger charge is -2.35. The molecule has 0 spiro atoms. The number of para-hydroxylation sites is 2. The van der Waals surface area contributed by atoms with Crippen LogP contribution in [0.2, 0.25) is 0 Å². The van der Waals surface area contributed by atoms with E-state index < -0.39 is 8.07 Å². The lowest BCUT2D eigenvalue weighted by Crippen LogP contribution is -2.74. The zero-order valence-corrected chi connectivity index (χ0v) is 30.0. The van der Waals surface area contributed by atoms with Gasteiger partial charge >= 0.3 is 0 Å². The minimum absolute atomic E-state index is 1.12. The Labute approximate surface area is 303 Å². The summed E-state index contributed by atoms with van der Waals surface area (Å²) in [4.78, 5) is 1.42. The molecule has 2 heterocycles. The summed E-state index contributed by atoms with van der Waals surface area (Å²) >= 11 is 1.95. The average molecular weight is 686 g/mol. The van der Waals surface area contributed by atoms with E-state index in [1.54, 1.807) is 0 Å². The Bertz CT molecular complexity index is 2660. The molecule has 0 radical (unpaired) electrons. The summed E-state index contributed by atoms with van der Waals surface area (Å²) in [5, 5.41) is 9.48. The summed E-state index contributed by atoms with van der Waals surface area (Å²) in [6.45, 7) is 0. The second kappa shape index (κ2) is 12.2. The zero-order valence-electron chi connectivity index (χ0n) is 28.2. The summed E-state index contributed by atoms with van der Waals surface area (Å²) in [6, 6.07) is 66.0. The molecule has 0 bridgehead atoms. The maximum Gasteiger partial charge on any atom is 0.179 e. The highest BCUT2D eigenvalue weighted by atomic mass is 32.1. The molecule has 0 fully saturated rings.